The molecular weight excluding hydrogens is 414 g/mol. The van der Waals surface area contributed by atoms with Crippen LogP contribution >= 0.6 is 11.6 Å². The molecule has 1 aromatic carbocycles. The number of aryl methyl sites for hydroxylation is 2. The molecular formula is C22H26ClN7O. The Hall–Kier alpha value is -2.97. The average molecular weight is 440 g/mol. The van der Waals surface area contributed by atoms with E-state index in [1.807, 2.05) is 24.3 Å². The summed E-state index contributed by atoms with van der Waals surface area (Å²) in [5, 5.41) is 10.2. The number of oxime groups is 1. The maximum Gasteiger partial charge on any atom is 0.192 e. The van der Waals surface area contributed by atoms with Gasteiger partial charge in [-0.05, 0) is 64.2 Å². The lowest BCUT2D eigenvalue weighted by molar-refractivity contribution is 0.126. The lowest BCUT2D eigenvalue weighted by atomic mass is 10.2. The van der Waals surface area contributed by atoms with Crippen molar-refractivity contribution in [2.24, 2.45) is 5.16 Å². The fourth-order valence-corrected chi connectivity index (χ4v) is 3.72. The van der Waals surface area contributed by atoms with Crippen LogP contribution in [0, 0.1) is 13.8 Å². The summed E-state index contributed by atoms with van der Waals surface area (Å²) in [6.07, 6.45) is 4.40. The summed E-state index contributed by atoms with van der Waals surface area (Å²) < 4.78 is 3.98. The number of rotatable bonds is 8. The largest absolute Gasteiger partial charge is 0.387 e. The summed E-state index contributed by atoms with van der Waals surface area (Å²) in [6.45, 7) is 6.37. The van der Waals surface area contributed by atoms with Crippen molar-refractivity contribution in [3.05, 3.63) is 58.3 Å². The molecule has 0 aliphatic heterocycles. The summed E-state index contributed by atoms with van der Waals surface area (Å²) in [6, 6.07) is 7.35. The van der Waals surface area contributed by atoms with Crippen LogP contribution in [0.15, 0.2) is 35.7 Å². The third kappa shape index (κ3) is 4.55. The van der Waals surface area contributed by atoms with E-state index in [9.17, 15) is 0 Å². The lowest BCUT2D eigenvalue weighted by Gasteiger charge is -2.11. The highest BCUT2D eigenvalue weighted by atomic mass is 35.5. The molecule has 0 fully saturated rings. The highest BCUT2D eigenvalue weighted by Crippen LogP contribution is 2.27. The summed E-state index contributed by atoms with van der Waals surface area (Å²) in [5.41, 5.74) is 5.03. The molecule has 0 saturated carbocycles. The second-order valence-corrected chi connectivity index (χ2v) is 8.25. The molecule has 4 rings (SSSR count). The van der Waals surface area contributed by atoms with Crippen LogP contribution in [0.25, 0.3) is 16.7 Å². The highest BCUT2D eigenvalue weighted by molar-refractivity contribution is 6.30. The van der Waals surface area contributed by atoms with Crippen LogP contribution < -0.4 is 0 Å². The van der Waals surface area contributed by atoms with Gasteiger partial charge >= 0.3 is 0 Å². The summed E-state index contributed by atoms with van der Waals surface area (Å²) in [7, 11) is 4.18. The van der Waals surface area contributed by atoms with Gasteiger partial charge in [0.15, 0.2) is 18.1 Å². The highest BCUT2D eigenvalue weighted by Gasteiger charge is 2.18. The van der Waals surface area contributed by atoms with Gasteiger partial charge in [0.05, 0.1) is 11.6 Å². The topological polar surface area (TPSA) is 72.8 Å². The molecule has 0 unspecified atom stereocenters. The molecule has 9 heteroatoms. The van der Waals surface area contributed by atoms with Gasteiger partial charge in [0, 0.05) is 17.3 Å². The SMILES string of the molecule is Cc1c(C)n(CCCN(C)C)c2ncn3nc(CO/N=C\c4ccc(Cl)cc4)nc3c12. The average Bonchev–Trinajstić information content (AvgIpc) is 3.26. The zero-order valence-corrected chi connectivity index (χ0v) is 19.0. The van der Waals surface area contributed by atoms with Gasteiger partial charge in [-0.15, -0.1) is 5.10 Å². The Morgan fingerprint density at radius 2 is 1.94 bits per heavy atom. The van der Waals surface area contributed by atoms with Crippen molar-refractivity contribution >= 4 is 34.5 Å². The normalized spacial score (nSPS) is 12.1. The van der Waals surface area contributed by atoms with E-state index >= 15 is 0 Å². The van der Waals surface area contributed by atoms with Crippen molar-refractivity contribution in [1.29, 1.82) is 0 Å². The molecule has 31 heavy (non-hydrogen) atoms. The Balaban J connectivity index is 1.54. The molecule has 0 N–H and O–H groups in total. The predicted octanol–water partition coefficient (Wildman–Crippen LogP) is 3.85. The van der Waals surface area contributed by atoms with Gasteiger partial charge in [-0.1, -0.05) is 28.9 Å². The number of fused-ring (bicyclic) bond motifs is 3. The van der Waals surface area contributed by atoms with Gasteiger partial charge in [0.25, 0.3) is 0 Å². The summed E-state index contributed by atoms with van der Waals surface area (Å²) >= 11 is 5.89. The minimum absolute atomic E-state index is 0.175. The van der Waals surface area contributed by atoms with Gasteiger partial charge in [0.1, 0.15) is 12.0 Å². The van der Waals surface area contributed by atoms with Crippen LogP contribution in [0.4, 0.5) is 0 Å². The second kappa shape index (κ2) is 9.03. The first-order valence-corrected chi connectivity index (χ1v) is 10.6. The Bertz CT molecular complexity index is 1220. The second-order valence-electron chi connectivity index (χ2n) is 7.82. The van der Waals surface area contributed by atoms with Gasteiger partial charge in [0.2, 0.25) is 0 Å². The third-order valence-corrected chi connectivity index (χ3v) is 5.57. The molecule has 0 radical (unpaired) electrons. The fourth-order valence-electron chi connectivity index (χ4n) is 3.60. The standard InChI is InChI=1S/C22H26ClN7O/c1-15-16(2)29(11-5-10-28(3)4)21-20(15)22-26-19(27-30(22)14-24-21)13-31-25-12-17-6-8-18(23)9-7-17/h6-9,12,14H,5,10-11,13H2,1-4H3/b25-12-. The van der Waals surface area contributed by atoms with Gasteiger partial charge in [-0.3, -0.25) is 0 Å². The molecule has 162 valence electrons. The van der Waals surface area contributed by atoms with Gasteiger partial charge in [-0.2, -0.15) is 0 Å². The van der Waals surface area contributed by atoms with Crippen LogP contribution in [0.2, 0.25) is 5.02 Å². The molecule has 0 amide bonds. The van der Waals surface area contributed by atoms with Gasteiger partial charge < -0.3 is 14.3 Å². The van der Waals surface area contributed by atoms with E-state index < -0.39 is 0 Å². The molecule has 0 saturated heterocycles. The van der Waals surface area contributed by atoms with E-state index in [-0.39, 0.29) is 6.61 Å². The van der Waals surface area contributed by atoms with E-state index in [2.05, 4.69) is 52.6 Å². The number of benzene rings is 1. The first-order valence-electron chi connectivity index (χ1n) is 10.2. The number of halogens is 1. The van der Waals surface area contributed by atoms with Crippen LogP contribution in [-0.2, 0) is 18.0 Å². The maximum atomic E-state index is 5.89. The Morgan fingerprint density at radius 1 is 1.16 bits per heavy atom. The van der Waals surface area contributed by atoms with Crippen molar-refractivity contribution in [3.63, 3.8) is 0 Å². The van der Waals surface area contributed by atoms with Gasteiger partial charge in [-0.25, -0.2) is 14.5 Å². The fraction of sp³-hybridized carbons (Fsp3) is 0.364. The Labute approximate surface area is 186 Å². The van der Waals surface area contributed by atoms with Crippen LogP contribution in [0.5, 0.6) is 0 Å². The van der Waals surface area contributed by atoms with Crippen molar-refractivity contribution in [3.8, 4) is 0 Å². The molecule has 0 aliphatic carbocycles. The first-order chi connectivity index (χ1) is 14.9. The first kappa shape index (κ1) is 21.3. The van der Waals surface area contributed by atoms with Crippen molar-refractivity contribution in [2.75, 3.05) is 20.6 Å². The monoisotopic (exact) mass is 439 g/mol. The number of aromatic nitrogens is 5. The quantitative estimate of drug-likeness (QED) is 0.308. The molecule has 4 aromatic rings. The Morgan fingerprint density at radius 3 is 2.68 bits per heavy atom. The summed E-state index contributed by atoms with van der Waals surface area (Å²) in [5.74, 6) is 0.556. The maximum absolute atomic E-state index is 5.89. The van der Waals surface area contributed by atoms with E-state index in [1.54, 1.807) is 17.1 Å². The van der Waals surface area contributed by atoms with E-state index in [4.69, 9.17) is 21.4 Å². The van der Waals surface area contributed by atoms with Crippen LogP contribution in [-0.4, -0.2) is 55.9 Å². The smallest absolute Gasteiger partial charge is 0.192 e. The van der Waals surface area contributed by atoms with Crippen molar-refractivity contribution in [2.45, 2.75) is 33.4 Å². The van der Waals surface area contributed by atoms with E-state index in [1.165, 1.54) is 11.3 Å². The Kier molecular flexibility index (Phi) is 6.20. The molecule has 3 heterocycles. The van der Waals surface area contributed by atoms with Crippen LogP contribution in [0.3, 0.4) is 0 Å². The zero-order chi connectivity index (χ0) is 22.0. The number of nitrogens with zero attached hydrogens (tertiary/aromatic N) is 7. The molecule has 0 bridgehead atoms. The third-order valence-electron chi connectivity index (χ3n) is 5.32. The minimum Gasteiger partial charge on any atom is -0.387 e. The van der Waals surface area contributed by atoms with Crippen molar-refractivity contribution in [1.82, 2.24) is 29.0 Å². The van der Waals surface area contributed by atoms with E-state index in [0.29, 0.717) is 10.8 Å². The molecule has 3 aromatic heterocycles. The lowest BCUT2D eigenvalue weighted by Crippen LogP contribution is -2.15. The molecule has 0 aliphatic rings. The molecule has 8 nitrogen and oxygen atoms in total. The molecule has 0 atom stereocenters. The minimum atomic E-state index is 0.175. The predicted molar refractivity (Wildman–Crippen MR) is 123 cm³/mol. The van der Waals surface area contributed by atoms with Crippen molar-refractivity contribution < 1.29 is 4.84 Å². The van der Waals surface area contributed by atoms with E-state index in [0.717, 1.165) is 41.8 Å². The van der Waals surface area contributed by atoms with Crippen LogP contribution in [0.1, 0.15) is 29.1 Å². The summed E-state index contributed by atoms with van der Waals surface area (Å²) in [4.78, 5) is 17.0. The number of hydrogen-bond acceptors (Lipinski definition) is 6. The zero-order valence-electron chi connectivity index (χ0n) is 18.2. The number of hydrogen-bond donors (Lipinski definition) is 0. The molecule has 0 spiro atoms.